The number of aromatic nitrogens is 2. The first-order valence-corrected chi connectivity index (χ1v) is 9.21. The Bertz CT molecular complexity index is 920. The summed E-state index contributed by atoms with van der Waals surface area (Å²) in [5, 5.41) is 12.5. The van der Waals surface area contributed by atoms with Crippen LogP contribution in [0.1, 0.15) is 9.67 Å². The predicted octanol–water partition coefficient (Wildman–Crippen LogP) is 2.64. The maximum absolute atomic E-state index is 12.0. The summed E-state index contributed by atoms with van der Waals surface area (Å²) in [7, 11) is 1.59. The van der Waals surface area contributed by atoms with Gasteiger partial charge in [-0.3, -0.25) is 9.59 Å². The van der Waals surface area contributed by atoms with Crippen molar-refractivity contribution in [2.24, 2.45) is 5.73 Å². The third-order valence-corrected chi connectivity index (χ3v) is 4.98. The van der Waals surface area contributed by atoms with Crippen LogP contribution < -0.4 is 15.8 Å². The molecule has 0 spiro atoms. The fourth-order valence-electron chi connectivity index (χ4n) is 2.03. The number of nitrogens with one attached hydrogen (secondary N) is 1. The van der Waals surface area contributed by atoms with E-state index in [0.29, 0.717) is 16.5 Å². The minimum atomic E-state index is -0.580. The molecule has 0 fully saturated rings. The second-order valence-electron chi connectivity index (χ2n) is 4.97. The van der Waals surface area contributed by atoms with Gasteiger partial charge in [-0.2, -0.15) is 0 Å². The SMILES string of the molecule is COc1ccc(-c2nnc(SCC(=O)Nc3ccsc3C(N)=O)o2)cc1. The van der Waals surface area contributed by atoms with Crippen molar-refractivity contribution >= 4 is 40.6 Å². The molecule has 2 aromatic heterocycles. The number of primary amides is 1. The molecule has 0 radical (unpaired) electrons. The molecule has 0 saturated heterocycles. The van der Waals surface area contributed by atoms with Crippen LogP contribution in [0.5, 0.6) is 5.75 Å². The normalized spacial score (nSPS) is 10.5. The van der Waals surface area contributed by atoms with E-state index in [9.17, 15) is 9.59 Å². The Morgan fingerprint density at radius 2 is 2.04 bits per heavy atom. The van der Waals surface area contributed by atoms with Gasteiger partial charge in [0.05, 0.1) is 18.6 Å². The zero-order chi connectivity index (χ0) is 18.5. The molecule has 2 amide bonds. The Morgan fingerprint density at radius 1 is 1.27 bits per heavy atom. The fraction of sp³-hybridized carbons (Fsp3) is 0.125. The van der Waals surface area contributed by atoms with Crippen molar-refractivity contribution < 1.29 is 18.7 Å². The van der Waals surface area contributed by atoms with E-state index in [1.807, 2.05) is 0 Å². The number of methoxy groups -OCH3 is 1. The minimum absolute atomic E-state index is 0.0539. The van der Waals surface area contributed by atoms with Crippen molar-refractivity contribution in [3.8, 4) is 17.2 Å². The van der Waals surface area contributed by atoms with Crippen LogP contribution in [0.2, 0.25) is 0 Å². The van der Waals surface area contributed by atoms with Gasteiger partial charge in [0.25, 0.3) is 11.1 Å². The van der Waals surface area contributed by atoms with Crippen LogP contribution in [-0.4, -0.2) is 34.9 Å². The molecular formula is C16H14N4O4S2. The molecule has 134 valence electrons. The molecule has 26 heavy (non-hydrogen) atoms. The van der Waals surface area contributed by atoms with Crippen LogP contribution in [0.25, 0.3) is 11.5 Å². The lowest BCUT2D eigenvalue weighted by Crippen LogP contribution is -2.17. The number of thiophene rings is 1. The lowest BCUT2D eigenvalue weighted by atomic mass is 10.2. The van der Waals surface area contributed by atoms with E-state index < -0.39 is 5.91 Å². The number of carbonyl (C=O) groups excluding carboxylic acids is 2. The Hall–Kier alpha value is -2.85. The van der Waals surface area contributed by atoms with Gasteiger partial charge in [0.2, 0.25) is 11.8 Å². The van der Waals surface area contributed by atoms with Crippen molar-refractivity contribution in [1.82, 2.24) is 10.2 Å². The van der Waals surface area contributed by atoms with Gasteiger partial charge in [-0.1, -0.05) is 11.8 Å². The van der Waals surface area contributed by atoms with Crippen LogP contribution in [-0.2, 0) is 4.79 Å². The Morgan fingerprint density at radius 3 is 2.73 bits per heavy atom. The number of thioether (sulfide) groups is 1. The van der Waals surface area contributed by atoms with Crippen LogP contribution in [0.4, 0.5) is 5.69 Å². The smallest absolute Gasteiger partial charge is 0.277 e. The van der Waals surface area contributed by atoms with Gasteiger partial charge in [-0.15, -0.1) is 21.5 Å². The molecule has 10 heteroatoms. The lowest BCUT2D eigenvalue weighted by molar-refractivity contribution is -0.113. The number of hydrogen-bond donors (Lipinski definition) is 2. The monoisotopic (exact) mass is 390 g/mol. The van der Waals surface area contributed by atoms with Crippen LogP contribution >= 0.6 is 23.1 Å². The molecule has 1 aromatic carbocycles. The summed E-state index contributed by atoms with van der Waals surface area (Å²) in [6.07, 6.45) is 0. The molecule has 0 saturated carbocycles. The quantitative estimate of drug-likeness (QED) is 0.595. The minimum Gasteiger partial charge on any atom is -0.497 e. The first kappa shape index (κ1) is 18.0. The van der Waals surface area contributed by atoms with Crippen molar-refractivity contribution in [1.29, 1.82) is 0 Å². The highest BCUT2D eigenvalue weighted by Crippen LogP contribution is 2.26. The third kappa shape index (κ3) is 4.21. The molecule has 3 rings (SSSR count). The highest BCUT2D eigenvalue weighted by Gasteiger charge is 2.15. The number of carbonyl (C=O) groups is 2. The summed E-state index contributed by atoms with van der Waals surface area (Å²) >= 11 is 2.27. The molecule has 0 unspecified atom stereocenters. The molecule has 3 N–H and O–H groups in total. The standard InChI is InChI=1S/C16H14N4O4S2/c1-23-10-4-2-9(3-5-10)15-19-20-16(24-15)26-8-12(21)18-11-6-7-25-13(11)14(17)22/h2-7H,8H2,1H3,(H2,17,22)(H,18,21). The van der Waals surface area contributed by atoms with Gasteiger partial charge >= 0.3 is 0 Å². The molecule has 0 aliphatic carbocycles. The molecule has 2 heterocycles. The molecule has 0 aliphatic heterocycles. The highest BCUT2D eigenvalue weighted by molar-refractivity contribution is 7.99. The Labute approximate surface area is 156 Å². The van der Waals surface area contributed by atoms with Crippen molar-refractivity contribution in [2.75, 3.05) is 18.2 Å². The number of ether oxygens (including phenoxy) is 1. The highest BCUT2D eigenvalue weighted by atomic mass is 32.2. The fourth-order valence-corrected chi connectivity index (χ4v) is 3.30. The van der Waals surface area contributed by atoms with Gasteiger partial charge in [-0.05, 0) is 35.7 Å². The Balaban J connectivity index is 1.58. The first-order chi connectivity index (χ1) is 12.6. The lowest BCUT2D eigenvalue weighted by Gasteiger charge is -2.03. The number of nitrogens with two attached hydrogens (primary N) is 1. The van der Waals surface area contributed by atoms with E-state index in [1.165, 1.54) is 11.3 Å². The second-order valence-corrected chi connectivity index (χ2v) is 6.81. The summed E-state index contributed by atoms with van der Waals surface area (Å²) < 4.78 is 10.6. The molecule has 0 bridgehead atoms. The van der Waals surface area contributed by atoms with Gasteiger partial charge in [0, 0.05) is 5.56 Å². The molecule has 0 atom stereocenters. The third-order valence-electron chi connectivity index (χ3n) is 3.23. The Kier molecular flexibility index (Phi) is 5.54. The van der Waals surface area contributed by atoms with Gasteiger partial charge in [0.1, 0.15) is 10.6 Å². The van der Waals surface area contributed by atoms with Crippen LogP contribution in [0, 0.1) is 0 Å². The largest absolute Gasteiger partial charge is 0.497 e. The van der Waals surface area contributed by atoms with Gasteiger partial charge in [0.15, 0.2) is 0 Å². The van der Waals surface area contributed by atoms with E-state index >= 15 is 0 Å². The average Bonchev–Trinajstić information content (AvgIpc) is 3.29. The topological polar surface area (TPSA) is 120 Å². The van der Waals surface area contributed by atoms with E-state index in [-0.39, 0.29) is 16.9 Å². The maximum atomic E-state index is 12.0. The summed E-state index contributed by atoms with van der Waals surface area (Å²) in [4.78, 5) is 23.6. The van der Waals surface area contributed by atoms with E-state index in [2.05, 4.69) is 15.5 Å². The van der Waals surface area contributed by atoms with E-state index in [4.69, 9.17) is 14.9 Å². The van der Waals surface area contributed by atoms with Gasteiger partial charge < -0.3 is 20.2 Å². The molecule has 0 aliphatic rings. The summed E-state index contributed by atoms with van der Waals surface area (Å²) in [6, 6.07) is 8.81. The van der Waals surface area contributed by atoms with Crippen molar-refractivity contribution in [2.45, 2.75) is 5.22 Å². The van der Waals surface area contributed by atoms with Gasteiger partial charge in [-0.25, -0.2) is 0 Å². The number of hydrogen-bond acceptors (Lipinski definition) is 8. The molecule has 3 aromatic rings. The first-order valence-electron chi connectivity index (χ1n) is 7.34. The van der Waals surface area contributed by atoms with Crippen LogP contribution in [0.3, 0.4) is 0 Å². The number of nitrogens with zero attached hydrogens (tertiary/aromatic N) is 2. The van der Waals surface area contributed by atoms with E-state index in [1.54, 1.807) is 42.8 Å². The van der Waals surface area contributed by atoms with E-state index in [0.717, 1.165) is 23.1 Å². The molecular weight excluding hydrogens is 376 g/mol. The molecule has 8 nitrogen and oxygen atoms in total. The van der Waals surface area contributed by atoms with Crippen molar-refractivity contribution in [3.63, 3.8) is 0 Å². The van der Waals surface area contributed by atoms with Crippen LogP contribution in [0.15, 0.2) is 45.4 Å². The van der Waals surface area contributed by atoms with Crippen molar-refractivity contribution in [3.05, 3.63) is 40.6 Å². The second kappa shape index (κ2) is 8.02. The number of amides is 2. The maximum Gasteiger partial charge on any atom is 0.277 e. The number of anilines is 1. The zero-order valence-electron chi connectivity index (χ0n) is 13.6. The average molecular weight is 390 g/mol. The number of rotatable bonds is 7. The predicted molar refractivity (Wildman–Crippen MR) is 98.5 cm³/mol. The zero-order valence-corrected chi connectivity index (χ0v) is 15.2. The summed E-state index contributed by atoms with van der Waals surface area (Å²) in [5.41, 5.74) is 6.40. The number of benzene rings is 1. The summed E-state index contributed by atoms with van der Waals surface area (Å²) in [6.45, 7) is 0. The summed E-state index contributed by atoms with van der Waals surface area (Å²) in [5.74, 6) is 0.245.